The zero-order valence-electron chi connectivity index (χ0n) is 11.7. The summed E-state index contributed by atoms with van der Waals surface area (Å²) in [5.41, 5.74) is 13.9. The molecule has 20 heavy (non-hydrogen) atoms. The minimum atomic E-state index is 0.369. The van der Waals surface area contributed by atoms with Gasteiger partial charge in [0, 0.05) is 16.9 Å². The van der Waals surface area contributed by atoms with Crippen LogP contribution in [0.2, 0.25) is 0 Å². The molecule has 0 aliphatic heterocycles. The fourth-order valence-corrected chi connectivity index (χ4v) is 2.89. The summed E-state index contributed by atoms with van der Waals surface area (Å²) in [5, 5.41) is 12.2. The summed E-state index contributed by atoms with van der Waals surface area (Å²) >= 11 is 0. The highest BCUT2D eigenvalue weighted by atomic mass is 15.5. The summed E-state index contributed by atoms with van der Waals surface area (Å²) < 4.78 is 1.92. The monoisotopic (exact) mass is 272 g/mol. The molecule has 0 unspecified atom stereocenters. The van der Waals surface area contributed by atoms with Crippen molar-refractivity contribution in [1.82, 2.24) is 20.2 Å². The minimum absolute atomic E-state index is 0.369. The molecule has 0 saturated heterocycles. The molecule has 6 nitrogen and oxygen atoms in total. The Bertz CT molecular complexity index is 597. The molecule has 0 amide bonds. The van der Waals surface area contributed by atoms with Crippen molar-refractivity contribution in [3.05, 3.63) is 18.2 Å². The van der Waals surface area contributed by atoms with Crippen LogP contribution in [0.25, 0.3) is 11.4 Å². The third-order valence-electron chi connectivity index (χ3n) is 4.14. The molecule has 3 rings (SSSR count). The predicted octanol–water partition coefficient (Wildman–Crippen LogP) is 2.26. The van der Waals surface area contributed by atoms with Gasteiger partial charge in [0.25, 0.3) is 0 Å². The van der Waals surface area contributed by atoms with Crippen molar-refractivity contribution in [2.75, 3.05) is 11.5 Å². The Morgan fingerprint density at radius 2 is 1.90 bits per heavy atom. The van der Waals surface area contributed by atoms with E-state index in [1.165, 1.54) is 12.8 Å². The molecule has 0 radical (unpaired) electrons. The Hall–Kier alpha value is -2.11. The van der Waals surface area contributed by atoms with E-state index in [9.17, 15) is 0 Å². The normalized spacial score (nSPS) is 22.9. The number of nitrogens with two attached hydrogens (primary N) is 2. The standard InChI is InChI=1S/C14H20N6/c1-9-2-5-11(6-3-9)20-14(17-18-19-20)12-7-4-10(15)8-13(12)16/h4,7-9,11H,2-3,5-6,15-16H2,1H3. The number of tetrazole rings is 1. The van der Waals surface area contributed by atoms with Crippen LogP contribution >= 0.6 is 0 Å². The van der Waals surface area contributed by atoms with Crippen LogP contribution in [0.15, 0.2) is 18.2 Å². The van der Waals surface area contributed by atoms with Gasteiger partial charge in [-0.2, -0.15) is 0 Å². The van der Waals surface area contributed by atoms with E-state index < -0.39 is 0 Å². The summed E-state index contributed by atoms with van der Waals surface area (Å²) in [5.74, 6) is 1.54. The Labute approximate surface area is 118 Å². The average Bonchev–Trinajstić information content (AvgIpc) is 2.88. The van der Waals surface area contributed by atoms with E-state index >= 15 is 0 Å². The first-order valence-corrected chi connectivity index (χ1v) is 7.08. The van der Waals surface area contributed by atoms with Gasteiger partial charge in [-0.3, -0.25) is 0 Å². The number of nitrogens with zero attached hydrogens (tertiary/aromatic N) is 4. The highest BCUT2D eigenvalue weighted by Crippen LogP contribution is 2.34. The number of hydrogen-bond donors (Lipinski definition) is 2. The number of hydrogen-bond acceptors (Lipinski definition) is 5. The molecular weight excluding hydrogens is 252 g/mol. The van der Waals surface area contributed by atoms with Crippen LogP contribution in [0.5, 0.6) is 0 Å². The second-order valence-electron chi connectivity index (χ2n) is 5.71. The number of aromatic nitrogens is 4. The zero-order chi connectivity index (χ0) is 14.1. The average molecular weight is 272 g/mol. The molecule has 2 aromatic rings. The topological polar surface area (TPSA) is 95.6 Å². The number of anilines is 2. The molecule has 1 aromatic carbocycles. The van der Waals surface area contributed by atoms with Crippen LogP contribution in [0.1, 0.15) is 38.6 Å². The highest BCUT2D eigenvalue weighted by molar-refractivity contribution is 5.74. The largest absolute Gasteiger partial charge is 0.399 e. The van der Waals surface area contributed by atoms with Gasteiger partial charge in [-0.1, -0.05) is 6.92 Å². The molecule has 1 saturated carbocycles. The predicted molar refractivity (Wildman–Crippen MR) is 78.7 cm³/mol. The fraction of sp³-hybridized carbons (Fsp3) is 0.500. The second-order valence-corrected chi connectivity index (χ2v) is 5.71. The maximum absolute atomic E-state index is 6.04. The highest BCUT2D eigenvalue weighted by Gasteiger charge is 2.24. The lowest BCUT2D eigenvalue weighted by molar-refractivity contribution is 0.272. The Balaban J connectivity index is 1.93. The molecule has 1 aliphatic carbocycles. The van der Waals surface area contributed by atoms with E-state index in [0.717, 1.165) is 30.1 Å². The van der Waals surface area contributed by atoms with Crippen LogP contribution in [0.4, 0.5) is 11.4 Å². The van der Waals surface area contributed by atoms with Crippen LogP contribution < -0.4 is 11.5 Å². The third-order valence-corrected chi connectivity index (χ3v) is 4.14. The quantitative estimate of drug-likeness (QED) is 0.817. The first kappa shape index (κ1) is 12.9. The molecule has 0 bridgehead atoms. The SMILES string of the molecule is CC1CCC(n2nnnc2-c2ccc(N)cc2N)CC1. The Morgan fingerprint density at radius 3 is 2.60 bits per heavy atom. The van der Waals surface area contributed by atoms with Gasteiger partial charge >= 0.3 is 0 Å². The maximum Gasteiger partial charge on any atom is 0.184 e. The van der Waals surface area contributed by atoms with Gasteiger partial charge in [0.2, 0.25) is 0 Å². The molecule has 0 spiro atoms. The van der Waals surface area contributed by atoms with Crippen LogP contribution in [-0.4, -0.2) is 20.2 Å². The lowest BCUT2D eigenvalue weighted by Gasteiger charge is -2.26. The van der Waals surface area contributed by atoms with Crippen LogP contribution in [-0.2, 0) is 0 Å². The smallest absolute Gasteiger partial charge is 0.184 e. The van der Waals surface area contributed by atoms with Gasteiger partial charge < -0.3 is 11.5 Å². The maximum atomic E-state index is 6.04. The van der Waals surface area contributed by atoms with Crippen LogP contribution in [0, 0.1) is 5.92 Å². The van der Waals surface area contributed by atoms with E-state index in [4.69, 9.17) is 11.5 Å². The van der Waals surface area contributed by atoms with Gasteiger partial charge in [-0.05, 0) is 60.2 Å². The molecule has 1 aliphatic rings. The summed E-state index contributed by atoms with van der Waals surface area (Å²) in [6, 6.07) is 5.83. The number of benzene rings is 1. The lowest BCUT2D eigenvalue weighted by Crippen LogP contribution is -2.19. The molecule has 0 atom stereocenters. The minimum Gasteiger partial charge on any atom is -0.399 e. The lowest BCUT2D eigenvalue weighted by atomic mass is 9.87. The van der Waals surface area contributed by atoms with Crippen molar-refractivity contribution in [2.45, 2.75) is 38.6 Å². The van der Waals surface area contributed by atoms with Gasteiger partial charge in [0.1, 0.15) is 0 Å². The zero-order valence-corrected chi connectivity index (χ0v) is 11.7. The molecule has 1 heterocycles. The number of rotatable bonds is 2. The fourth-order valence-electron chi connectivity index (χ4n) is 2.89. The van der Waals surface area contributed by atoms with E-state index in [0.29, 0.717) is 17.4 Å². The van der Waals surface area contributed by atoms with E-state index in [1.807, 2.05) is 16.8 Å². The van der Waals surface area contributed by atoms with Crippen molar-refractivity contribution < 1.29 is 0 Å². The van der Waals surface area contributed by atoms with E-state index in [-0.39, 0.29) is 0 Å². The van der Waals surface area contributed by atoms with Gasteiger partial charge in [-0.15, -0.1) is 5.10 Å². The molecular formula is C14H20N6. The molecule has 1 aromatic heterocycles. The first-order valence-electron chi connectivity index (χ1n) is 7.08. The van der Waals surface area contributed by atoms with Gasteiger partial charge in [-0.25, -0.2) is 4.68 Å². The number of nitrogen functional groups attached to an aromatic ring is 2. The summed E-state index contributed by atoms with van der Waals surface area (Å²) in [6.45, 7) is 2.30. The Morgan fingerprint density at radius 1 is 1.15 bits per heavy atom. The molecule has 4 N–H and O–H groups in total. The summed E-state index contributed by atoms with van der Waals surface area (Å²) in [4.78, 5) is 0. The van der Waals surface area contributed by atoms with Crippen molar-refractivity contribution >= 4 is 11.4 Å². The van der Waals surface area contributed by atoms with Crippen molar-refractivity contribution in [3.63, 3.8) is 0 Å². The van der Waals surface area contributed by atoms with E-state index in [1.54, 1.807) is 6.07 Å². The van der Waals surface area contributed by atoms with Gasteiger partial charge in [0.05, 0.1) is 6.04 Å². The molecule has 1 fully saturated rings. The van der Waals surface area contributed by atoms with Gasteiger partial charge in [0.15, 0.2) is 5.82 Å². The molecule has 106 valence electrons. The second kappa shape index (κ2) is 5.11. The van der Waals surface area contributed by atoms with Crippen molar-refractivity contribution in [1.29, 1.82) is 0 Å². The summed E-state index contributed by atoms with van der Waals surface area (Å²) in [7, 11) is 0. The van der Waals surface area contributed by atoms with Crippen LogP contribution in [0.3, 0.4) is 0 Å². The van der Waals surface area contributed by atoms with E-state index in [2.05, 4.69) is 22.4 Å². The summed E-state index contributed by atoms with van der Waals surface area (Å²) in [6.07, 6.45) is 4.69. The molecule has 6 heteroatoms. The van der Waals surface area contributed by atoms with Crippen molar-refractivity contribution in [3.8, 4) is 11.4 Å². The Kier molecular flexibility index (Phi) is 3.30. The first-order chi connectivity index (χ1) is 9.65. The third kappa shape index (κ3) is 2.33. The van der Waals surface area contributed by atoms with Crippen molar-refractivity contribution in [2.24, 2.45) is 5.92 Å².